The van der Waals surface area contributed by atoms with Gasteiger partial charge in [0.2, 0.25) is 5.91 Å². The standard InChI is InChI=1S/C38H32FN3O5S/c1-46-30-20-21-32(34(24-30)47-2)41-38(45)35(26-10-5-3-6-11-26)48-31-15-9-14-29(23-31)40-37(44)33(22-25-16-18-28(39)19-17-25)42-36(43)27-12-7-4-8-13-27/h3-24,35H,1-2H3,(H,40,44)(H,41,45)(H,42,43)/b33-22-. The monoisotopic (exact) mass is 661 g/mol. The lowest BCUT2D eigenvalue weighted by Crippen LogP contribution is -2.30. The molecule has 8 nitrogen and oxygen atoms in total. The number of rotatable bonds is 12. The lowest BCUT2D eigenvalue weighted by Gasteiger charge is -2.19. The molecular weight excluding hydrogens is 629 g/mol. The molecule has 0 radical (unpaired) electrons. The van der Waals surface area contributed by atoms with Crippen LogP contribution >= 0.6 is 11.8 Å². The molecule has 1 unspecified atom stereocenters. The van der Waals surface area contributed by atoms with Gasteiger partial charge in [-0.05, 0) is 71.8 Å². The minimum absolute atomic E-state index is 0.0384. The highest BCUT2D eigenvalue weighted by Crippen LogP contribution is 2.38. The van der Waals surface area contributed by atoms with E-state index in [4.69, 9.17) is 9.47 Å². The molecule has 10 heteroatoms. The van der Waals surface area contributed by atoms with Crippen molar-refractivity contribution in [2.24, 2.45) is 0 Å². The van der Waals surface area contributed by atoms with Crippen molar-refractivity contribution in [2.45, 2.75) is 10.1 Å². The number of halogens is 1. The molecule has 3 amide bonds. The van der Waals surface area contributed by atoms with Gasteiger partial charge >= 0.3 is 0 Å². The molecule has 0 aliphatic carbocycles. The van der Waals surface area contributed by atoms with E-state index < -0.39 is 22.9 Å². The summed E-state index contributed by atoms with van der Waals surface area (Å²) in [4.78, 5) is 41.0. The maximum atomic E-state index is 13.7. The summed E-state index contributed by atoms with van der Waals surface area (Å²) in [6, 6.07) is 35.6. The zero-order valence-electron chi connectivity index (χ0n) is 26.1. The maximum absolute atomic E-state index is 13.7. The van der Waals surface area contributed by atoms with Gasteiger partial charge in [0, 0.05) is 22.2 Å². The second kappa shape index (κ2) is 16.1. The second-order valence-corrected chi connectivity index (χ2v) is 11.6. The highest BCUT2D eigenvalue weighted by Gasteiger charge is 2.24. The van der Waals surface area contributed by atoms with Gasteiger partial charge in [-0.3, -0.25) is 14.4 Å². The molecule has 0 spiro atoms. The first-order valence-corrected chi connectivity index (χ1v) is 15.7. The minimum atomic E-state index is -0.664. The SMILES string of the molecule is COc1ccc(NC(=O)C(Sc2cccc(NC(=O)/C(=C/c3ccc(F)cc3)NC(=O)c3ccccc3)c2)c2ccccc2)c(OC)c1. The fourth-order valence-corrected chi connectivity index (χ4v) is 5.73. The summed E-state index contributed by atoms with van der Waals surface area (Å²) in [5, 5.41) is 7.83. The van der Waals surface area contributed by atoms with Crippen LogP contribution in [-0.2, 0) is 9.59 Å². The quantitative estimate of drug-likeness (QED) is 0.0934. The third-order valence-corrected chi connectivity index (χ3v) is 8.31. The summed E-state index contributed by atoms with van der Waals surface area (Å²) in [7, 11) is 3.07. The van der Waals surface area contributed by atoms with Crippen LogP contribution in [0.1, 0.15) is 26.7 Å². The third-order valence-electron chi connectivity index (χ3n) is 7.06. The first-order valence-electron chi connectivity index (χ1n) is 14.8. The maximum Gasteiger partial charge on any atom is 0.272 e. The number of hydrogen-bond donors (Lipinski definition) is 3. The molecule has 0 heterocycles. The van der Waals surface area contributed by atoms with Gasteiger partial charge in [0.25, 0.3) is 11.8 Å². The van der Waals surface area contributed by atoms with Crippen LogP contribution in [0.15, 0.2) is 138 Å². The highest BCUT2D eigenvalue weighted by molar-refractivity contribution is 8.00. The van der Waals surface area contributed by atoms with Gasteiger partial charge in [-0.15, -0.1) is 11.8 Å². The number of anilines is 2. The Balaban J connectivity index is 1.38. The van der Waals surface area contributed by atoms with Crippen LogP contribution in [0.25, 0.3) is 6.08 Å². The van der Waals surface area contributed by atoms with Crippen molar-refractivity contribution in [1.29, 1.82) is 0 Å². The fourth-order valence-electron chi connectivity index (χ4n) is 4.65. The average molecular weight is 662 g/mol. The van der Waals surface area contributed by atoms with E-state index in [1.165, 1.54) is 49.2 Å². The number of ether oxygens (including phenoxy) is 2. The number of nitrogens with one attached hydrogen (secondary N) is 3. The van der Waals surface area contributed by atoms with Gasteiger partial charge < -0.3 is 25.4 Å². The summed E-state index contributed by atoms with van der Waals surface area (Å²) in [5.74, 6) is -0.729. The van der Waals surface area contributed by atoms with E-state index in [1.54, 1.807) is 73.8 Å². The van der Waals surface area contributed by atoms with Crippen molar-refractivity contribution in [3.05, 3.63) is 156 Å². The zero-order chi connectivity index (χ0) is 33.9. The van der Waals surface area contributed by atoms with Crippen LogP contribution in [0.4, 0.5) is 15.8 Å². The summed E-state index contributed by atoms with van der Waals surface area (Å²) >= 11 is 1.30. The van der Waals surface area contributed by atoms with Crippen molar-refractivity contribution in [2.75, 3.05) is 24.9 Å². The summed E-state index contributed by atoms with van der Waals surface area (Å²) in [6.45, 7) is 0. The second-order valence-electron chi connectivity index (χ2n) is 10.4. The van der Waals surface area contributed by atoms with Crippen molar-refractivity contribution >= 4 is 46.9 Å². The Labute approximate surface area is 282 Å². The molecule has 0 saturated heterocycles. The molecule has 48 heavy (non-hydrogen) atoms. The molecule has 1 atom stereocenters. The number of amides is 3. The Morgan fingerprint density at radius 1 is 0.750 bits per heavy atom. The molecule has 5 aromatic rings. The number of thioether (sulfide) groups is 1. The first kappa shape index (κ1) is 33.5. The van der Waals surface area contributed by atoms with Crippen molar-refractivity contribution in [3.63, 3.8) is 0 Å². The van der Waals surface area contributed by atoms with Crippen molar-refractivity contribution < 1.29 is 28.2 Å². The van der Waals surface area contributed by atoms with Gasteiger partial charge in [0.05, 0.1) is 19.9 Å². The topological polar surface area (TPSA) is 106 Å². The number of benzene rings is 5. The molecular formula is C38H32FN3O5S. The largest absolute Gasteiger partial charge is 0.497 e. The zero-order valence-corrected chi connectivity index (χ0v) is 26.9. The summed E-state index contributed by atoms with van der Waals surface area (Å²) < 4.78 is 24.3. The number of carbonyl (C=O) groups excluding carboxylic acids is 3. The number of carbonyl (C=O) groups is 3. The smallest absolute Gasteiger partial charge is 0.272 e. The van der Waals surface area contributed by atoms with Gasteiger partial charge in [-0.2, -0.15) is 0 Å². The van der Waals surface area contributed by atoms with Crippen LogP contribution in [0.2, 0.25) is 0 Å². The van der Waals surface area contributed by atoms with Gasteiger partial charge in [0.15, 0.2) is 0 Å². The number of hydrogen-bond acceptors (Lipinski definition) is 6. The lowest BCUT2D eigenvalue weighted by atomic mass is 10.1. The number of methoxy groups -OCH3 is 2. The molecule has 5 aromatic carbocycles. The molecule has 242 valence electrons. The molecule has 0 aliphatic heterocycles. The summed E-state index contributed by atoms with van der Waals surface area (Å²) in [5.41, 5.74) is 2.55. The Hall–Kier alpha value is -5.87. The predicted molar refractivity (Wildman–Crippen MR) is 187 cm³/mol. The van der Waals surface area contributed by atoms with E-state index in [1.807, 2.05) is 36.4 Å². The first-order chi connectivity index (χ1) is 23.3. The minimum Gasteiger partial charge on any atom is -0.497 e. The van der Waals surface area contributed by atoms with E-state index in [0.29, 0.717) is 38.9 Å². The molecule has 3 N–H and O–H groups in total. The van der Waals surface area contributed by atoms with Gasteiger partial charge in [-0.1, -0.05) is 66.7 Å². The summed E-state index contributed by atoms with van der Waals surface area (Å²) in [6.07, 6.45) is 1.47. The van der Waals surface area contributed by atoms with Crippen molar-refractivity contribution in [1.82, 2.24) is 5.32 Å². The van der Waals surface area contributed by atoms with Crippen LogP contribution < -0.4 is 25.4 Å². The molecule has 0 aromatic heterocycles. The fraction of sp³-hybridized carbons (Fsp3) is 0.0789. The van der Waals surface area contributed by atoms with E-state index in [0.717, 1.165) is 5.56 Å². The predicted octanol–water partition coefficient (Wildman–Crippen LogP) is 7.72. The van der Waals surface area contributed by atoms with E-state index >= 15 is 0 Å². The normalized spacial score (nSPS) is 11.6. The van der Waals surface area contributed by atoms with Crippen LogP contribution in [0.3, 0.4) is 0 Å². The molecule has 0 saturated carbocycles. The molecule has 5 rings (SSSR count). The molecule has 0 fully saturated rings. The Bertz CT molecular complexity index is 1920. The van der Waals surface area contributed by atoms with E-state index in [-0.39, 0.29) is 11.6 Å². The average Bonchev–Trinajstić information content (AvgIpc) is 3.12. The van der Waals surface area contributed by atoms with E-state index in [9.17, 15) is 18.8 Å². The van der Waals surface area contributed by atoms with Crippen LogP contribution in [0, 0.1) is 5.82 Å². The highest BCUT2D eigenvalue weighted by atomic mass is 32.2. The van der Waals surface area contributed by atoms with E-state index in [2.05, 4.69) is 16.0 Å². The van der Waals surface area contributed by atoms with Crippen molar-refractivity contribution in [3.8, 4) is 11.5 Å². The van der Waals surface area contributed by atoms with Gasteiger partial charge in [-0.25, -0.2) is 4.39 Å². The lowest BCUT2D eigenvalue weighted by molar-refractivity contribution is -0.116. The Morgan fingerprint density at radius 3 is 2.15 bits per heavy atom. The Kier molecular flexibility index (Phi) is 11.2. The third kappa shape index (κ3) is 8.89. The van der Waals surface area contributed by atoms with Crippen LogP contribution in [0.5, 0.6) is 11.5 Å². The molecule has 0 bridgehead atoms. The van der Waals surface area contributed by atoms with Crippen LogP contribution in [-0.4, -0.2) is 31.9 Å². The Morgan fingerprint density at radius 2 is 1.46 bits per heavy atom. The van der Waals surface area contributed by atoms with Gasteiger partial charge in [0.1, 0.15) is 28.3 Å². The molecule has 0 aliphatic rings.